The highest BCUT2D eigenvalue weighted by Gasteiger charge is 2.15. The summed E-state index contributed by atoms with van der Waals surface area (Å²) in [5, 5.41) is 0. The molecule has 0 saturated carbocycles. The molecule has 94 valence electrons. The molecule has 0 aliphatic rings. The topological polar surface area (TPSA) is 35.5 Å². The predicted molar refractivity (Wildman–Crippen MR) is 69.2 cm³/mol. The highest BCUT2D eigenvalue weighted by Crippen LogP contribution is 2.11. The summed E-state index contributed by atoms with van der Waals surface area (Å²) < 4.78 is 11.0. The second-order valence-electron chi connectivity index (χ2n) is 4.97. The van der Waals surface area contributed by atoms with E-state index in [9.17, 15) is 4.79 Å². The summed E-state index contributed by atoms with van der Waals surface area (Å²) in [7, 11) is -0.626. The lowest BCUT2D eigenvalue weighted by Gasteiger charge is -2.22. The van der Waals surface area contributed by atoms with E-state index in [1.54, 1.807) is 6.92 Å². The molecule has 0 aromatic carbocycles. The van der Waals surface area contributed by atoms with Crippen molar-refractivity contribution < 1.29 is 14.0 Å². The van der Waals surface area contributed by atoms with E-state index in [4.69, 9.17) is 9.16 Å². The summed E-state index contributed by atoms with van der Waals surface area (Å²) in [6.07, 6.45) is 0.817. The summed E-state index contributed by atoms with van der Waals surface area (Å²) in [5.41, 5.74) is 0.375. The van der Waals surface area contributed by atoms with Crippen molar-refractivity contribution in [3.63, 3.8) is 0 Å². The Hall–Kier alpha value is -0.613. The molecule has 0 aromatic heterocycles. The summed E-state index contributed by atoms with van der Waals surface area (Å²) in [4.78, 5) is 11.3. The van der Waals surface area contributed by atoms with Crippen LogP contribution in [-0.4, -0.2) is 27.4 Å². The van der Waals surface area contributed by atoms with E-state index in [1.807, 2.05) is 27.7 Å². The third-order valence-corrected chi connectivity index (χ3v) is 4.00. The molecule has 0 heterocycles. The van der Waals surface area contributed by atoms with E-state index in [0.29, 0.717) is 5.57 Å². The van der Waals surface area contributed by atoms with Gasteiger partial charge in [-0.2, -0.15) is 0 Å². The number of hydrogen-bond donors (Lipinski definition) is 0. The lowest BCUT2D eigenvalue weighted by molar-refractivity contribution is -0.143. The number of esters is 1. The van der Waals surface area contributed by atoms with Gasteiger partial charge in [-0.1, -0.05) is 13.5 Å². The highest BCUT2D eigenvalue weighted by atomic mass is 28.2. The Labute approximate surface area is 101 Å². The summed E-state index contributed by atoms with van der Waals surface area (Å²) >= 11 is 0. The molecule has 4 heteroatoms. The van der Waals surface area contributed by atoms with Gasteiger partial charge >= 0.3 is 5.97 Å². The van der Waals surface area contributed by atoms with Gasteiger partial charge in [-0.3, -0.25) is 0 Å². The Morgan fingerprint density at radius 1 is 1.44 bits per heavy atom. The summed E-state index contributed by atoms with van der Waals surface area (Å²) in [6.45, 7) is 13.4. The van der Waals surface area contributed by atoms with Crippen LogP contribution in [0.5, 0.6) is 0 Å². The third kappa shape index (κ3) is 7.65. The van der Waals surface area contributed by atoms with Crippen LogP contribution in [0.4, 0.5) is 0 Å². The van der Waals surface area contributed by atoms with Gasteiger partial charge in [0.25, 0.3) is 0 Å². The number of ether oxygens (including phenoxy) is 1. The van der Waals surface area contributed by atoms with E-state index in [1.165, 1.54) is 0 Å². The first kappa shape index (κ1) is 15.4. The van der Waals surface area contributed by atoms with Crippen LogP contribution in [0.1, 0.15) is 41.0 Å². The molecule has 1 unspecified atom stereocenters. The molecule has 0 aliphatic carbocycles. The molecule has 0 aromatic rings. The molecule has 0 fully saturated rings. The van der Waals surface area contributed by atoms with Gasteiger partial charge in [0.1, 0.15) is 6.10 Å². The highest BCUT2D eigenvalue weighted by molar-refractivity contribution is 6.27. The zero-order valence-corrected chi connectivity index (χ0v) is 12.5. The Morgan fingerprint density at radius 3 is 2.38 bits per heavy atom. The smallest absolute Gasteiger partial charge is 0.333 e. The zero-order valence-electron chi connectivity index (χ0n) is 11.1. The molecular formula is C12H24O3Si. The molecule has 3 nitrogen and oxygen atoms in total. The zero-order chi connectivity index (χ0) is 12.8. The molecule has 0 aliphatic heterocycles. The third-order valence-electron chi connectivity index (χ3n) is 2.05. The average molecular weight is 244 g/mol. The van der Waals surface area contributed by atoms with Crippen molar-refractivity contribution in [3.8, 4) is 0 Å². The van der Waals surface area contributed by atoms with E-state index in [-0.39, 0.29) is 17.7 Å². The molecule has 1 atom stereocenters. The second kappa shape index (κ2) is 6.86. The van der Waals surface area contributed by atoms with Crippen LogP contribution >= 0.6 is 0 Å². The first-order valence-electron chi connectivity index (χ1n) is 5.76. The van der Waals surface area contributed by atoms with Crippen LogP contribution < -0.4 is 0 Å². The van der Waals surface area contributed by atoms with Crippen LogP contribution in [0.2, 0.25) is 6.04 Å². The van der Waals surface area contributed by atoms with Crippen LogP contribution in [0.3, 0.4) is 0 Å². The molecule has 0 spiro atoms. The molecule has 0 radical (unpaired) electrons. The normalized spacial score (nSPS) is 14.1. The fourth-order valence-corrected chi connectivity index (χ4v) is 2.61. The lowest BCUT2D eigenvalue weighted by Crippen LogP contribution is -2.26. The fourth-order valence-electron chi connectivity index (χ4n) is 1.09. The van der Waals surface area contributed by atoms with Crippen molar-refractivity contribution in [2.75, 3.05) is 0 Å². The average Bonchev–Trinajstić information content (AvgIpc) is 2.13. The van der Waals surface area contributed by atoms with Gasteiger partial charge in [0.15, 0.2) is 9.76 Å². The SMILES string of the molecule is C=C(C)C(=O)OC(CC)C[SiH2]OC(C)(C)C. The first-order chi connectivity index (χ1) is 7.26. The van der Waals surface area contributed by atoms with Gasteiger partial charge in [0.2, 0.25) is 0 Å². The Bertz CT molecular complexity index is 243. The van der Waals surface area contributed by atoms with Gasteiger partial charge < -0.3 is 9.16 Å². The van der Waals surface area contributed by atoms with E-state index >= 15 is 0 Å². The van der Waals surface area contributed by atoms with Gasteiger partial charge in [-0.25, -0.2) is 4.79 Å². The summed E-state index contributed by atoms with van der Waals surface area (Å²) in [5.74, 6) is -0.295. The van der Waals surface area contributed by atoms with E-state index in [0.717, 1.165) is 12.5 Å². The maximum absolute atomic E-state index is 11.3. The predicted octanol–water partition coefficient (Wildman–Crippen LogP) is 2.20. The maximum Gasteiger partial charge on any atom is 0.333 e. The monoisotopic (exact) mass is 244 g/mol. The van der Waals surface area contributed by atoms with Gasteiger partial charge in [0, 0.05) is 11.2 Å². The number of carbonyl (C=O) groups is 1. The molecule has 0 bridgehead atoms. The van der Waals surface area contributed by atoms with Gasteiger partial charge in [-0.05, 0) is 40.2 Å². The maximum atomic E-state index is 11.3. The van der Waals surface area contributed by atoms with Crippen LogP contribution in [0, 0.1) is 0 Å². The fraction of sp³-hybridized carbons (Fsp3) is 0.750. The molecule has 0 amide bonds. The van der Waals surface area contributed by atoms with Crippen molar-refractivity contribution in [1.29, 1.82) is 0 Å². The molecule has 0 N–H and O–H groups in total. The first-order valence-corrected chi connectivity index (χ1v) is 7.34. The molecule has 0 rings (SSSR count). The number of hydrogen-bond acceptors (Lipinski definition) is 3. The van der Waals surface area contributed by atoms with Crippen LogP contribution in [-0.2, 0) is 14.0 Å². The number of carbonyl (C=O) groups excluding carboxylic acids is 1. The minimum Gasteiger partial charge on any atom is -0.459 e. The van der Waals surface area contributed by atoms with E-state index < -0.39 is 9.76 Å². The lowest BCUT2D eigenvalue weighted by atomic mass is 10.2. The largest absolute Gasteiger partial charge is 0.459 e. The molecular weight excluding hydrogens is 220 g/mol. The van der Waals surface area contributed by atoms with Crippen molar-refractivity contribution in [3.05, 3.63) is 12.2 Å². The van der Waals surface area contributed by atoms with Crippen molar-refractivity contribution in [2.24, 2.45) is 0 Å². The molecule has 0 saturated heterocycles. The standard InChI is InChI=1S/C12H24O3Si/c1-7-10(14-11(13)9(2)3)8-16-15-12(4,5)6/h10H,2,7-8,16H2,1,3-6H3. The Kier molecular flexibility index (Phi) is 6.60. The van der Waals surface area contributed by atoms with Gasteiger partial charge in [-0.15, -0.1) is 0 Å². The summed E-state index contributed by atoms with van der Waals surface area (Å²) in [6, 6.07) is 0.868. The quantitative estimate of drug-likeness (QED) is 0.408. The van der Waals surface area contributed by atoms with Crippen molar-refractivity contribution in [2.45, 2.75) is 58.8 Å². The van der Waals surface area contributed by atoms with Crippen LogP contribution in [0.25, 0.3) is 0 Å². The van der Waals surface area contributed by atoms with Crippen molar-refractivity contribution in [1.82, 2.24) is 0 Å². The van der Waals surface area contributed by atoms with Gasteiger partial charge in [0.05, 0.1) is 0 Å². The van der Waals surface area contributed by atoms with Crippen LogP contribution in [0.15, 0.2) is 12.2 Å². The number of rotatable bonds is 6. The molecule has 16 heavy (non-hydrogen) atoms. The Balaban J connectivity index is 3.93. The van der Waals surface area contributed by atoms with Crippen molar-refractivity contribution >= 4 is 15.7 Å². The Morgan fingerprint density at radius 2 is 2.00 bits per heavy atom. The minimum atomic E-state index is -0.626. The second-order valence-corrected chi connectivity index (χ2v) is 6.24. The van der Waals surface area contributed by atoms with E-state index in [2.05, 4.69) is 6.58 Å². The minimum absolute atomic E-state index is 0.0155.